The second-order valence-electron chi connectivity index (χ2n) is 5.53. The van der Waals surface area contributed by atoms with E-state index in [0.29, 0.717) is 5.69 Å². The molecule has 136 valence electrons. The fraction of sp³-hybridized carbons (Fsp3) is 0.250. The number of benzene rings is 2. The molecule has 6 nitrogen and oxygen atoms in total. The smallest absolute Gasteiger partial charge is 0.240 e. The summed E-state index contributed by atoms with van der Waals surface area (Å²) in [5.74, 6) is -0.540. The van der Waals surface area contributed by atoms with E-state index >= 15 is 0 Å². The van der Waals surface area contributed by atoms with Gasteiger partial charge in [-0.3, -0.25) is 4.31 Å². The summed E-state index contributed by atoms with van der Waals surface area (Å²) in [5.41, 5.74) is 1.35. The van der Waals surface area contributed by atoms with Crippen molar-refractivity contribution in [1.82, 2.24) is 4.72 Å². The highest BCUT2D eigenvalue weighted by Gasteiger charge is 2.19. The fourth-order valence-corrected chi connectivity index (χ4v) is 4.19. The molecule has 0 aromatic heterocycles. The van der Waals surface area contributed by atoms with Gasteiger partial charge in [0.1, 0.15) is 5.82 Å². The molecule has 0 saturated heterocycles. The standard InChI is InChI=1S/C16H19FN2O4S2/c1-13-4-3-5-15(12-13)19(24(2,20)21)11-10-18-25(22,23)16-8-6-14(17)7-9-16/h3-9,12,18H,10-11H2,1-2H3. The average Bonchev–Trinajstić information content (AvgIpc) is 2.50. The van der Waals surface area contributed by atoms with E-state index in [0.717, 1.165) is 40.4 Å². The minimum atomic E-state index is -3.85. The second-order valence-corrected chi connectivity index (χ2v) is 9.20. The van der Waals surface area contributed by atoms with E-state index in [1.54, 1.807) is 18.2 Å². The first-order chi connectivity index (χ1) is 11.6. The van der Waals surface area contributed by atoms with Gasteiger partial charge in [0.2, 0.25) is 20.0 Å². The SMILES string of the molecule is Cc1cccc(N(CCNS(=O)(=O)c2ccc(F)cc2)S(C)(=O)=O)c1. The Labute approximate surface area is 147 Å². The highest BCUT2D eigenvalue weighted by atomic mass is 32.2. The molecule has 0 atom stereocenters. The van der Waals surface area contributed by atoms with Crippen LogP contribution in [-0.4, -0.2) is 36.2 Å². The maximum atomic E-state index is 12.9. The van der Waals surface area contributed by atoms with Crippen LogP contribution in [0, 0.1) is 12.7 Å². The van der Waals surface area contributed by atoms with Gasteiger partial charge in [-0.25, -0.2) is 25.9 Å². The van der Waals surface area contributed by atoms with Crippen LogP contribution in [0.2, 0.25) is 0 Å². The zero-order valence-electron chi connectivity index (χ0n) is 13.8. The summed E-state index contributed by atoms with van der Waals surface area (Å²) in [4.78, 5) is -0.0876. The monoisotopic (exact) mass is 386 g/mol. The molecule has 0 amide bonds. The Morgan fingerprint density at radius 2 is 1.68 bits per heavy atom. The summed E-state index contributed by atoms with van der Waals surface area (Å²) in [6, 6.07) is 11.3. The number of sulfonamides is 2. The van der Waals surface area contributed by atoms with Crippen LogP contribution in [0.15, 0.2) is 53.4 Å². The van der Waals surface area contributed by atoms with Gasteiger partial charge in [-0.05, 0) is 48.9 Å². The molecule has 0 aliphatic rings. The zero-order valence-corrected chi connectivity index (χ0v) is 15.4. The quantitative estimate of drug-likeness (QED) is 0.788. The lowest BCUT2D eigenvalue weighted by Crippen LogP contribution is -2.38. The van der Waals surface area contributed by atoms with E-state index in [-0.39, 0.29) is 18.0 Å². The van der Waals surface area contributed by atoms with Crippen molar-refractivity contribution in [3.63, 3.8) is 0 Å². The molecule has 0 aliphatic heterocycles. The molecule has 25 heavy (non-hydrogen) atoms. The molecule has 2 aromatic carbocycles. The lowest BCUT2D eigenvalue weighted by atomic mass is 10.2. The number of hydrogen-bond acceptors (Lipinski definition) is 4. The maximum absolute atomic E-state index is 12.9. The Morgan fingerprint density at radius 3 is 2.24 bits per heavy atom. The van der Waals surface area contributed by atoms with Crippen LogP contribution in [0.5, 0.6) is 0 Å². The van der Waals surface area contributed by atoms with E-state index in [4.69, 9.17) is 0 Å². The number of anilines is 1. The van der Waals surface area contributed by atoms with Crippen molar-refractivity contribution in [2.45, 2.75) is 11.8 Å². The predicted molar refractivity (Wildman–Crippen MR) is 95.0 cm³/mol. The molecule has 0 saturated carbocycles. The summed E-state index contributed by atoms with van der Waals surface area (Å²) in [7, 11) is -7.42. The van der Waals surface area contributed by atoms with Crippen molar-refractivity contribution in [3.05, 3.63) is 59.9 Å². The first kappa shape index (κ1) is 19.4. The maximum Gasteiger partial charge on any atom is 0.240 e. The Bertz CT molecular complexity index is 942. The summed E-state index contributed by atoms with van der Waals surface area (Å²) in [6.45, 7) is 1.64. The van der Waals surface area contributed by atoms with Crippen molar-refractivity contribution >= 4 is 25.7 Å². The van der Waals surface area contributed by atoms with Crippen LogP contribution < -0.4 is 9.03 Å². The van der Waals surface area contributed by atoms with Gasteiger partial charge in [0.25, 0.3) is 0 Å². The van der Waals surface area contributed by atoms with Crippen LogP contribution in [0.4, 0.5) is 10.1 Å². The molecule has 9 heteroatoms. The van der Waals surface area contributed by atoms with Crippen molar-refractivity contribution in [3.8, 4) is 0 Å². The third kappa shape index (κ3) is 5.25. The summed E-state index contributed by atoms with van der Waals surface area (Å²) >= 11 is 0. The molecule has 0 heterocycles. The highest BCUT2D eigenvalue weighted by Crippen LogP contribution is 2.18. The van der Waals surface area contributed by atoms with Crippen LogP contribution >= 0.6 is 0 Å². The second kappa shape index (κ2) is 7.51. The van der Waals surface area contributed by atoms with Crippen LogP contribution in [-0.2, 0) is 20.0 Å². The first-order valence-corrected chi connectivity index (χ1v) is 10.7. The van der Waals surface area contributed by atoms with Crippen LogP contribution in [0.1, 0.15) is 5.56 Å². The van der Waals surface area contributed by atoms with Crippen LogP contribution in [0.25, 0.3) is 0 Å². The van der Waals surface area contributed by atoms with E-state index < -0.39 is 25.9 Å². The number of aryl methyl sites for hydroxylation is 1. The number of nitrogens with zero attached hydrogens (tertiary/aromatic N) is 1. The normalized spacial score (nSPS) is 12.1. The van der Waals surface area contributed by atoms with Gasteiger partial charge in [-0.2, -0.15) is 0 Å². The predicted octanol–water partition coefficient (Wildman–Crippen LogP) is 1.88. The molecule has 2 rings (SSSR count). The topological polar surface area (TPSA) is 83.6 Å². The Kier molecular flexibility index (Phi) is 5.81. The minimum absolute atomic E-state index is 0.0668. The van der Waals surface area contributed by atoms with Gasteiger partial charge in [0.15, 0.2) is 0 Å². The molecular formula is C16H19FN2O4S2. The van der Waals surface area contributed by atoms with Gasteiger partial charge in [-0.1, -0.05) is 12.1 Å². The zero-order chi connectivity index (χ0) is 18.7. The van der Waals surface area contributed by atoms with Gasteiger partial charge in [0, 0.05) is 13.1 Å². The van der Waals surface area contributed by atoms with E-state index in [1.165, 1.54) is 0 Å². The number of rotatable bonds is 7. The molecule has 0 bridgehead atoms. The van der Waals surface area contributed by atoms with Crippen molar-refractivity contribution < 1.29 is 21.2 Å². The fourth-order valence-electron chi connectivity index (χ4n) is 2.25. The van der Waals surface area contributed by atoms with Gasteiger partial charge >= 0.3 is 0 Å². The molecule has 0 unspecified atom stereocenters. The van der Waals surface area contributed by atoms with Crippen LogP contribution in [0.3, 0.4) is 0 Å². The molecule has 0 radical (unpaired) electrons. The lowest BCUT2D eigenvalue weighted by Gasteiger charge is -2.23. The summed E-state index contributed by atoms with van der Waals surface area (Å²) in [6.07, 6.45) is 1.06. The van der Waals surface area contributed by atoms with E-state index in [2.05, 4.69) is 4.72 Å². The highest BCUT2D eigenvalue weighted by molar-refractivity contribution is 7.92. The Balaban J connectivity index is 2.12. The molecule has 0 spiro atoms. The Hall–Kier alpha value is -1.97. The number of hydrogen-bond donors (Lipinski definition) is 1. The van der Waals surface area contributed by atoms with Gasteiger partial charge in [-0.15, -0.1) is 0 Å². The third-order valence-corrected chi connectivity index (χ3v) is 6.09. The average molecular weight is 386 g/mol. The first-order valence-electron chi connectivity index (χ1n) is 7.39. The molecule has 2 aromatic rings. The summed E-state index contributed by atoms with van der Waals surface area (Å²) < 4.78 is 64.7. The third-order valence-electron chi connectivity index (χ3n) is 3.42. The van der Waals surface area contributed by atoms with Crippen molar-refractivity contribution in [2.75, 3.05) is 23.7 Å². The van der Waals surface area contributed by atoms with Crippen molar-refractivity contribution in [1.29, 1.82) is 0 Å². The summed E-state index contributed by atoms with van der Waals surface area (Å²) in [5, 5.41) is 0. The van der Waals surface area contributed by atoms with Gasteiger partial charge < -0.3 is 0 Å². The Morgan fingerprint density at radius 1 is 1.04 bits per heavy atom. The number of halogens is 1. The molecule has 0 fully saturated rings. The van der Waals surface area contributed by atoms with Crippen molar-refractivity contribution in [2.24, 2.45) is 0 Å². The molecule has 0 aliphatic carbocycles. The largest absolute Gasteiger partial charge is 0.269 e. The van der Waals surface area contributed by atoms with Gasteiger partial charge in [0.05, 0.1) is 16.8 Å². The van der Waals surface area contributed by atoms with E-state index in [9.17, 15) is 21.2 Å². The molecule has 1 N–H and O–H groups in total. The number of nitrogens with one attached hydrogen (secondary N) is 1. The van der Waals surface area contributed by atoms with E-state index in [1.807, 2.05) is 13.0 Å². The lowest BCUT2D eigenvalue weighted by molar-refractivity contribution is 0.577. The molecular weight excluding hydrogens is 367 g/mol. The minimum Gasteiger partial charge on any atom is -0.269 e.